The van der Waals surface area contributed by atoms with Crippen molar-refractivity contribution in [3.05, 3.63) is 48.0 Å². The van der Waals surface area contributed by atoms with Crippen molar-refractivity contribution in [1.82, 2.24) is 10.2 Å². The van der Waals surface area contributed by atoms with E-state index in [2.05, 4.69) is 29.6 Å². The van der Waals surface area contributed by atoms with Gasteiger partial charge in [0.2, 0.25) is 5.91 Å². The van der Waals surface area contributed by atoms with Crippen LogP contribution >= 0.6 is 0 Å². The Morgan fingerprint density at radius 3 is 2.72 bits per heavy atom. The van der Waals surface area contributed by atoms with Crippen molar-refractivity contribution < 1.29 is 19.4 Å². The zero-order valence-corrected chi connectivity index (χ0v) is 16.9. The number of nitrogens with one attached hydrogen (secondary N) is 1. The summed E-state index contributed by atoms with van der Waals surface area (Å²) < 4.78 is 6.15. The number of rotatable bonds is 7. The molecule has 0 aromatic heterocycles. The summed E-state index contributed by atoms with van der Waals surface area (Å²) in [5.74, 6) is -1.11. The first kappa shape index (κ1) is 19.9. The largest absolute Gasteiger partial charge is 0.479 e. The van der Waals surface area contributed by atoms with Crippen LogP contribution in [-0.2, 0) is 20.9 Å². The van der Waals surface area contributed by atoms with Crippen molar-refractivity contribution >= 4 is 22.6 Å². The number of hydrogen-bond donors (Lipinski definition) is 2. The predicted octanol–water partition coefficient (Wildman–Crippen LogP) is 2.80. The zero-order valence-electron chi connectivity index (χ0n) is 16.9. The molecule has 29 heavy (non-hydrogen) atoms. The van der Waals surface area contributed by atoms with E-state index in [0.29, 0.717) is 26.0 Å². The number of likely N-dealkylation sites (tertiary alicyclic amines) is 1. The summed E-state index contributed by atoms with van der Waals surface area (Å²) in [4.78, 5) is 26.4. The fourth-order valence-electron chi connectivity index (χ4n) is 4.60. The maximum Gasteiger partial charge on any atom is 0.329 e. The molecule has 4 unspecified atom stereocenters. The number of fused-ring (bicyclic) bond motifs is 1. The number of carboxylic acids is 1. The standard InChI is InChI=1S/C23H28N2O4/c1-3-17-12-23(17,22(27)28)24-21(26)20-11-18(13-25(20)2)29-14-16-9-6-8-15-7-4-5-10-19(15)16/h4-10,17-18,20H,3,11-14H2,1-2H3,(H,24,26)(H,27,28). The van der Waals surface area contributed by atoms with Gasteiger partial charge in [-0.15, -0.1) is 0 Å². The van der Waals surface area contributed by atoms with Crippen LogP contribution in [0.25, 0.3) is 10.8 Å². The van der Waals surface area contributed by atoms with Gasteiger partial charge in [0, 0.05) is 6.54 Å². The molecule has 2 aliphatic rings. The summed E-state index contributed by atoms with van der Waals surface area (Å²) in [5, 5.41) is 14.7. The van der Waals surface area contributed by atoms with Gasteiger partial charge in [0.25, 0.3) is 0 Å². The van der Waals surface area contributed by atoms with Gasteiger partial charge >= 0.3 is 5.97 Å². The van der Waals surface area contributed by atoms with Crippen LogP contribution in [0.3, 0.4) is 0 Å². The number of amides is 1. The molecule has 154 valence electrons. The van der Waals surface area contributed by atoms with Gasteiger partial charge in [-0.2, -0.15) is 0 Å². The fraction of sp³-hybridized carbons (Fsp3) is 0.478. The molecule has 4 rings (SSSR count). The Balaban J connectivity index is 1.37. The van der Waals surface area contributed by atoms with Gasteiger partial charge in [-0.25, -0.2) is 4.79 Å². The van der Waals surface area contributed by atoms with Crippen molar-refractivity contribution in [2.24, 2.45) is 5.92 Å². The lowest BCUT2D eigenvalue weighted by Gasteiger charge is -2.22. The van der Waals surface area contributed by atoms with Gasteiger partial charge in [-0.05, 0) is 42.1 Å². The number of aliphatic carboxylic acids is 1. The van der Waals surface area contributed by atoms with Crippen LogP contribution in [0.1, 0.15) is 31.7 Å². The van der Waals surface area contributed by atoms with E-state index in [1.165, 1.54) is 10.8 Å². The number of carbonyl (C=O) groups excluding carboxylic acids is 1. The number of carboxylic acid groups (broad SMARTS) is 1. The van der Waals surface area contributed by atoms with Gasteiger partial charge in [0.15, 0.2) is 0 Å². The average Bonchev–Trinajstić information content (AvgIpc) is 3.31. The Morgan fingerprint density at radius 1 is 1.24 bits per heavy atom. The lowest BCUT2D eigenvalue weighted by Crippen LogP contribution is -2.51. The summed E-state index contributed by atoms with van der Waals surface area (Å²) in [7, 11) is 1.89. The molecule has 0 radical (unpaired) electrons. The van der Waals surface area contributed by atoms with E-state index < -0.39 is 11.5 Å². The summed E-state index contributed by atoms with van der Waals surface area (Å²) in [6.07, 6.45) is 1.78. The SMILES string of the molecule is CCC1CC1(NC(=O)C1CC(OCc2cccc3ccccc23)CN1C)C(=O)O. The topological polar surface area (TPSA) is 78.9 Å². The molecule has 1 aliphatic carbocycles. The molecule has 1 heterocycles. The van der Waals surface area contributed by atoms with Gasteiger partial charge in [-0.3, -0.25) is 9.69 Å². The van der Waals surface area contributed by atoms with Crippen molar-refractivity contribution in [2.45, 2.75) is 50.5 Å². The van der Waals surface area contributed by atoms with E-state index in [1.54, 1.807) is 0 Å². The monoisotopic (exact) mass is 396 g/mol. The lowest BCUT2D eigenvalue weighted by atomic mass is 10.1. The molecule has 2 aromatic rings. The maximum atomic E-state index is 12.8. The third-order valence-electron chi connectivity index (χ3n) is 6.49. The smallest absolute Gasteiger partial charge is 0.329 e. The normalized spacial score (nSPS) is 29.1. The van der Waals surface area contributed by atoms with Gasteiger partial charge in [0.1, 0.15) is 5.54 Å². The third-order valence-corrected chi connectivity index (χ3v) is 6.49. The molecule has 1 saturated heterocycles. The average molecular weight is 396 g/mol. The van der Waals surface area contributed by atoms with Gasteiger partial charge in [-0.1, -0.05) is 55.8 Å². The lowest BCUT2D eigenvalue weighted by molar-refractivity contribution is -0.144. The molecule has 2 aromatic carbocycles. The van der Waals surface area contributed by atoms with Crippen LogP contribution in [-0.4, -0.2) is 53.2 Å². The molecule has 2 N–H and O–H groups in total. The number of carbonyl (C=O) groups is 2. The van der Waals surface area contributed by atoms with Crippen molar-refractivity contribution in [2.75, 3.05) is 13.6 Å². The highest BCUT2D eigenvalue weighted by Crippen LogP contribution is 2.46. The number of benzene rings is 2. The first-order valence-corrected chi connectivity index (χ1v) is 10.3. The summed E-state index contributed by atoms with van der Waals surface area (Å²) in [6, 6.07) is 14.1. The Bertz CT molecular complexity index is 925. The highest BCUT2D eigenvalue weighted by Gasteiger charge is 2.61. The summed E-state index contributed by atoms with van der Waals surface area (Å²) >= 11 is 0. The number of likely N-dealkylation sites (N-methyl/N-ethyl adjacent to an activating group) is 1. The highest BCUT2D eigenvalue weighted by atomic mass is 16.5. The Labute approximate surface area is 170 Å². The minimum absolute atomic E-state index is 0.0223. The fourth-order valence-corrected chi connectivity index (χ4v) is 4.60. The Kier molecular flexibility index (Phi) is 5.32. The van der Waals surface area contributed by atoms with Crippen molar-refractivity contribution in [1.29, 1.82) is 0 Å². The molecule has 6 heteroatoms. The van der Waals surface area contributed by atoms with Crippen LogP contribution in [0, 0.1) is 5.92 Å². The van der Waals surface area contributed by atoms with E-state index in [0.717, 1.165) is 12.0 Å². The Hall–Kier alpha value is -2.44. The number of nitrogens with zero attached hydrogens (tertiary/aromatic N) is 1. The first-order chi connectivity index (χ1) is 13.9. The second kappa shape index (κ2) is 7.76. The second-order valence-corrected chi connectivity index (χ2v) is 8.34. The molecule has 1 aliphatic heterocycles. The van der Waals surface area contributed by atoms with Crippen LogP contribution < -0.4 is 5.32 Å². The molecule has 0 spiro atoms. The minimum atomic E-state index is -1.07. The molecular weight excluding hydrogens is 368 g/mol. The molecule has 4 atom stereocenters. The summed E-state index contributed by atoms with van der Waals surface area (Å²) in [6.45, 7) is 3.10. The van der Waals surface area contributed by atoms with Crippen LogP contribution in [0.5, 0.6) is 0 Å². The van der Waals surface area contributed by atoms with Crippen molar-refractivity contribution in [3.8, 4) is 0 Å². The third kappa shape index (κ3) is 3.74. The molecule has 1 amide bonds. The minimum Gasteiger partial charge on any atom is -0.479 e. The molecule has 1 saturated carbocycles. The zero-order chi connectivity index (χ0) is 20.6. The van der Waals surface area contributed by atoms with Crippen LogP contribution in [0.2, 0.25) is 0 Å². The summed E-state index contributed by atoms with van der Waals surface area (Å²) in [5.41, 5.74) is 0.0569. The van der Waals surface area contributed by atoms with Crippen LogP contribution in [0.15, 0.2) is 42.5 Å². The maximum absolute atomic E-state index is 12.8. The number of hydrogen-bond acceptors (Lipinski definition) is 4. The first-order valence-electron chi connectivity index (χ1n) is 10.3. The quantitative estimate of drug-likeness (QED) is 0.752. The second-order valence-electron chi connectivity index (χ2n) is 8.34. The predicted molar refractivity (Wildman–Crippen MR) is 110 cm³/mol. The van der Waals surface area contributed by atoms with Gasteiger partial charge in [0.05, 0.1) is 18.8 Å². The van der Waals surface area contributed by atoms with Crippen molar-refractivity contribution in [3.63, 3.8) is 0 Å². The van der Waals surface area contributed by atoms with E-state index >= 15 is 0 Å². The molecule has 6 nitrogen and oxygen atoms in total. The van der Waals surface area contributed by atoms with E-state index in [-0.39, 0.29) is 24.0 Å². The number of ether oxygens (including phenoxy) is 1. The Morgan fingerprint density at radius 2 is 2.00 bits per heavy atom. The van der Waals surface area contributed by atoms with Crippen LogP contribution in [0.4, 0.5) is 0 Å². The molecule has 0 bridgehead atoms. The van der Waals surface area contributed by atoms with Gasteiger partial charge < -0.3 is 15.2 Å². The van der Waals surface area contributed by atoms with E-state index in [4.69, 9.17) is 4.74 Å². The van der Waals surface area contributed by atoms with E-state index in [9.17, 15) is 14.7 Å². The molecular formula is C23H28N2O4. The van der Waals surface area contributed by atoms with E-state index in [1.807, 2.05) is 37.1 Å². The molecule has 2 fully saturated rings. The highest BCUT2D eigenvalue weighted by molar-refractivity contribution is 5.92.